The van der Waals surface area contributed by atoms with E-state index in [0.717, 1.165) is 23.6 Å². The molecule has 2 atom stereocenters. The number of aliphatic carboxylic acids is 1. The Kier molecular flexibility index (Phi) is 7.54. The number of aliphatic imine (C=N–C) groups is 1. The lowest BCUT2D eigenvalue weighted by Crippen LogP contribution is -2.58. The number of hydrogen-bond donors (Lipinski definition) is 1. The molecular weight excluding hydrogens is 545 g/mol. The van der Waals surface area contributed by atoms with Crippen molar-refractivity contribution in [1.82, 2.24) is 4.90 Å². The molecule has 0 bridgehead atoms. The Morgan fingerprint density at radius 1 is 1.12 bits per heavy atom. The van der Waals surface area contributed by atoms with Gasteiger partial charge in [0, 0.05) is 48.4 Å². The zero-order valence-electron chi connectivity index (χ0n) is 22.2. The van der Waals surface area contributed by atoms with E-state index < -0.39 is 23.8 Å². The number of fused-ring (bicyclic) bond motifs is 1. The summed E-state index contributed by atoms with van der Waals surface area (Å²) in [6.45, 7) is 3.69. The van der Waals surface area contributed by atoms with E-state index in [4.69, 9.17) is 14.5 Å². The molecule has 0 unspecified atom stereocenters. The normalized spacial score (nSPS) is 19.2. The van der Waals surface area contributed by atoms with Gasteiger partial charge in [-0.25, -0.2) is 4.99 Å². The number of alkyl halides is 3. The quantitative estimate of drug-likeness (QED) is 0.386. The number of carbonyl (C=O) groups is 1. The molecule has 12 heteroatoms. The SMILES string of the molecule is COc1cccc(N2CCN(C3=Nc4cscc4[C@@H](CC(=O)O)N3c3cc(C(F)(F)F)ccc3OC)C[C@H]2C)c1. The van der Waals surface area contributed by atoms with Gasteiger partial charge in [-0.15, -0.1) is 11.3 Å². The number of hydrogen-bond acceptors (Lipinski definition) is 8. The predicted molar refractivity (Wildman–Crippen MR) is 148 cm³/mol. The van der Waals surface area contributed by atoms with Crippen LogP contribution in [-0.2, 0) is 11.0 Å². The van der Waals surface area contributed by atoms with Crippen molar-refractivity contribution in [1.29, 1.82) is 0 Å². The Balaban J connectivity index is 1.58. The molecule has 2 aliphatic rings. The number of carboxylic acid groups (broad SMARTS) is 1. The number of thiophene rings is 1. The second kappa shape index (κ2) is 10.9. The number of piperazine rings is 1. The topological polar surface area (TPSA) is 77.8 Å². The summed E-state index contributed by atoms with van der Waals surface area (Å²) < 4.78 is 52.3. The van der Waals surface area contributed by atoms with Crippen molar-refractivity contribution >= 4 is 40.3 Å². The second-order valence-corrected chi connectivity index (χ2v) is 10.4. The van der Waals surface area contributed by atoms with Crippen molar-refractivity contribution in [3.63, 3.8) is 0 Å². The molecule has 3 heterocycles. The maximum atomic E-state index is 13.8. The molecule has 1 fully saturated rings. The van der Waals surface area contributed by atoms with Gasteiger partial charge < -0.3 is 29.3 Å². The van der Waals surface area contributed by atoms with Gasteiger partial charge in [0.15, 0.2) is 0 Å². The van der Waals surface area contributed by atoms with Crippen molar-refractivity contribution in [3.05, 3.63) is 64.4 Å². The first-order chi connectivity index (χ1) is 19.1. The average Bonchev–Trinajstić information content (AvgIpc) is 3.40. The molecule has 1 saturated heterocycles. The van der Waals surface area contributed by atoms with Gasteiger partial charge in [-0.1, -0.05) is 6.07 Å². The van der Waals surface area contributed by atoms with Crippen molar-refractivity contribution in [2.45, 2.75) is 31.6 Å². The third-order valence-electron chi connectivity index (χ3n) is 7.21. The predicted octanol–water partition coefficient (Wildman–Crippen LogP) is 6.02. The number of benzene rings is 2. The van der Waals surface area contributed by atoms with E-state index in [1.54, 1.807) is 17.4 Å². The number of halogens is 3. The maximum absolute atomic E-state index is 13.8. The van der Waals surface area contributed by atoms with Crippen LogP contribution in [0.2, 0.25) is 0 Å². The fourth-order valence-electron chi connectivity index (χ4n) is 5.31. The summed E-state index contributed by atoms with van der Waals surface area (Å²) in [5, 5.41) is 13.5. The fourth-order valence-corrected chi connectivity index (χ4v) is 6.12. The Bertz CT molecular complexity index is 1430. The summed E-state index contributed by atoms with van der Waals surface area (Å²) in [6, 6.07) is 10.2. The third kappa shape index (κ3) is 5.27. The number of anilines is 2. The van der Waals surface area contributed by atoms with Crippen molar-refractivity contribution < 1.29 is 32.5 Å². The minimum atomic E-state index is -4.60. The summed E-state index contributed by atoms with van der Waals surface area (Å²) in [6.07, 6.45) is -4.93. The fraction of sp³-hybridized carbons (Fsp3) is 0.357. The zero-order chi connectivity index (χ0) is 28.6. The molecule has 8 nitrogen and oxygen atoms in total. The van der Waals surface area contributed by atoms with Crippen LogP contribution in [-0.4, -0.2) is 61.8 Å². The largest absolute Gasteiger partial charge is 0.497 e. The van der Waals surface area contributed by atoms with E-state index in [1.807, 2.05) is 34.5 Å². The average molecular weight is 575 g/mol. The summed E-state index contributed by atoms with van der Waals surface area (Å²) in [4.78, 5) is 22.8. The smallest absolute Gasteiger partial charge is 0.416 e. The van der Waals surface area contributed by atoms with E-state index in [2.05, 4.69) is 11.8 Å². The highest BCUT2D eigenvalue weighted by atomic mass is 32.1. The highest BCUT2D eigenvalue weighted by Gasteiger charge is 2.40. The van der Waals surface area contributed by atoms with Crippen LogP contribution in [0.5, 0.6) is 11.5 Å². The summed E-state index contributed by atoms with van der Waals surface area (Å²) in [7, 11) is 2.99. The third-order valence-corrected chi connectivity index (χ3v) is 7.96. The zero-order valence-corrected chi connectivity index (χ0v) is 23.0. The van der Waals surface area contributed by atoms with E-state index >= 15 is 0 Å². The van der Waals surface area contributed by atoms with Gasteiger partial charge in [0.2, 0.25) is 5.96 Å². The molecule has 2 aromatic carbocycles. The Hall–Kier alpha value is -3.93. The van der Waals surface area contributed by atoms with Gasteiger partial charge in [-0.2, -0.15) is 13.2 Å². The molecule has 1 N–H and O–H groups in total. The maximum Gasteiger partial charge on any atom is 0.416 e. The van der Waals surface area contributed by atoms with Crippen LogP contribution in [0.1, 0.15) is 30.5 Å². The summed E-state index contributed by atoms with van der Waals surface area (Å²) >= 11 is 1.37. The van der Waals surface area contributed by atoms with Crippen molar-refractivity contribution in [2.24, 2.45) is 4.99 Å². The number of methoxy groups -OCH3 is 2. The molecule has 0 radical (unpaired) electrons. The summed E-state index contributed by atoms with van der Waals surface area (Å²) in [5.74, 6) is 0.258. The first-order valence-corrected chi connectivity index (χ1v) is 13.6. The molecule has 0 amide bonds. The Labute approximate surface area is 233 Å². The summed E-state index contributed by atoms with van der Waals surface area (Å²) in [5.41, 5.74) is 1.53. The number of carboxylic acids is 1. The van der Waals surface area contributed by atoms with Gasteiger partial charge >= 0.3 is 12.1 Å². The first-order valence-electron chi connectivity index (χ1n) is 12.7. The van der Waals surface area contributed by atoms with Gasteiger partial charge in [0.05, 0.1) is 43.6 Å². The second-order valence-electron chi connectivity index (χ2n) is 9.68. The van der Waals surface area contributed by atoms with E-state index in [9.17, 15) is 23.1 Å². The van der Waals surface area contributed by atoms with E-state index in [1.165, 1.54) is 24.5 Å². The molecule has 0 aliphatic carbocycles. The van der Waals surface area contributed by atoms with E-state index in [0.29, 0.717) is 36.8 Å². The Morgan fingerprint density at radius 2 is 1.93 bits per heavy atom. The van der Waals surface area contributed by atoms with Crippen LogP contribution in [0, 0.1) is 0 Å². The molecule has 0 saturated carbocycles. The molecular formula is C28H29F3N4O4S. The van der Waals surface area contributed by atoms with Gasteiger partial charge in [-0.3, -0.25) is 4.79 Å². The molecule has 2 aliphatic heterocycles. The number of nitrogens with zero attached hydrogens (tertiary/aromatic N) is 4. The number of rotatable bonds is 6. The van der Waals surface area contributed by atoms with Crippen LogP contribution in [0.3, 0.4) is 0 Å². The van der Waals surface area contributed by atoms with E-state index in [-0.39, 0.29) is 23.9 Å². The van der Waals surface area contributed by atoms with Gasteiger partial charge in [0.1, 0.15) is 11.5 Å². The highest BCUT2D eigenvalue weighted by Crippen LogP contribution is 2.46. The van der Waals surface area contributed by atoms with Crippen molar-refractivity contribution in [2.75, 3.05) is 43.7 Å². The van der Waals surface area contributed by atoms with Crippen LogP contribution >= 0.6 is 11.3 Å². The molecule has 212 valence electrons. The molecule has 0 spiro atoms. The Morgan fingerprint density at radius 3 is 2.60 bits per heavy atom. The molecule has 1 aromatic heterocycles. The first kappa shape index (κ1) is 27.6. The van der Waals surface area contributed by atoms with Crippen molar-refractivity contribution in [3.8, 4) is 11.5 Å². The number of guanidine groups is 1. The van der Waals surface area contributed by atoms with Gasteiger partial charge in [-0.05, 0) is 42.6 Å². The lowest BCUT2D eigenvalue weighted by atomic mass is 10.00. The monoisotopic (exact) mass is 574 g/mol. The molecule has 40 heavy (non-hydrogen) atoms. The standard InChI is InChI=1S/C28H29F3N4O4S/c1-17-14-33(9-10-34(17)19-5-4-6-20(12-19)38-2)27-32-22-16-40-15-21(22)23(13-26(36)37)35(27)24-11-18(28(29,30)31)7-8-25(24)39-3/h4-8,11-12,15-17,23H,9-10,13-14H2,1-3H3,(H,36,37)/t17-,23-/m1/s1. The number of ether oxygens (including phenoxy) is 2. The van der Waals surface area contributed by atoms with Crippen LogP contribution in [0.25, 0.3) is 0 Å². The lowest BCUT2D eigenvalue weighted by molar-refractivity contribution is -0.138. The minimum absolute atomic E-state index is 0.00982. The van der Waals surface area contributed by atoms with Gasteiger partial charge in [0.25, 0.3) is 0 Å². The highest BCUT2D eigenvalue weighted by molar-refractivity contribution is 7.08. The molecule has 5 rings (SSSR count). The van der Waals surface area contributed by atoms with Crippen LogP contribution in [0.15, 0.2) is 58.2 Å². The minimum Gasteiger partial charge on any atom is -0.497 e. The van der Waals surface area contributed by atoms with Crippen LogP contribution < -0.4 is 19.3 Å². The lowest BCUT2D eigenvalue weighted by Gasteiger charge is -2.47. The van der Waals surface area contributed by atoms with Crippen LogP contribution in [0.4, 0.5) is 30.2 Å². The molecule has 3 aromatic rings.